The summed E-state index contributed by atoms with van der Waals surface area (Å²) in [5, 5.41) is 3.48. The Hall–Kier alpha value is -2.29. The molecule has 0 spiro atoms. The van der Waals surface area contributed by atoms with Crippen molar-refractivity contribution in [1.82, 2.24) is 9.55 Å². The van der Waals surface area contributed by atoms with Gasteiger partial charge in [-0.05, 0) is 31.0 Å². The van der Waals surface area contributed by atoms with Crippen LogP contribution in [0.5, 0.6) is 0 Å². The van der Waals surface area contributed by atoms with E-state index < -0.39 is 0 Å². The van der Waals surface area contributed by atoms with E-state index in [1.165, 1.54) is 16.6 Å². The SMILES string of the molecule is CCCn1c(NCc2ccc(C)cc2)nc2ccccc21. The van der Waals surface area contributed by atoms with Gasteiger partial charge in [0.05, 0.1) is 11.0 Å². The zero-order valence-corrected chi connectivity index (χ0v) is 12.6. The number of hydrogen-bond donors (Lipinski definition) is 1. The normalized spacial score (nSPS) is 11.0. The van der Waals surface area contributed by atoms with Crippen molar-refractivity contribution in [3.63, 3.8) is 0 Å². The quantitative estimate of drug-likeness (QED) is 0.751. The van der Waals surface area contributed by atoms with Crippen LogP contribution in [0.1, 0.15) is 24.5 Å². The number of aryl methyl sites for hydroxylation is 2. The lowest BCUT2D eigenvalue weighted by molar-refractivity contribution is 0.700. The van der Waals surface area contributed by atoms with Gasteiger partial charge in [0.1, 0.15) is 0 Å². The van der Waals surface area contributed by atoms with Crippen LogP contribution < -0.4 is 5.32 Å². The van der Waals surface area contributed by atoms with Gasteiger partial charge in [-0.25, -0.2) is 4.98 Å². The lowest BCUT2D eigenvalue weighted by Crippen LogP contribution is -2.07. The molecule has 3 aromatic rings. The fraction of sp³-hybridized carbons (Fsp3) is 0.278. The second-order valence-electron chi connectivity index (χ2n) is 5.41. The Balaban J connectivity index is 1.85. The Kier molecular flexibility index (Phi) is 3.91. The molecule has 3 rings (SSSR count). The third-order valence-electron chi connectivity index (χ3n) is 3.67. The molecule has 0 amide bonds. The number of nitrogens with zero attached hydrogens (tertiary/aromatic N) is 2. The van der Waals surface area contributed by atoms with Crippen LogP contribution in [0.25, 0.3) is 11.0 Å². The maximum Gasteiger partial charge on any atom is 0.204 e. The van der Waals surface area contributed by atoms with Crippen molar-refractivity contribution in [1.29, 1.82) is 0 Å². The van der Waals surface area contributed by atoms with E-state index in [0.717, 1.165) is 31.0 Å². The van der Waals surface area contributed by atoms with Crippen molar-refractivity contribution in [3.8, 4) is 0 Å². The number of anilines is 1. The van der Waals surface area contributed by atoms with Crippen LogP contribution in [0.3, 0.4) is 0 Å². The highest BCUT2D eigenvalue weighted by atomic mass is 15.2. The van der Waals surface area contributed by atoms with Gasteiger partial charge in [0.15, 0.2) is 0 Å². The second-order valence-corrected chi connectivity index (χ2v) is 5.41. The Bertz CT molecular complexity index is 726. The van der Waals surface area contributed by atoms with E-state index in [4.69, 9.17) is 4.98 Å². The molecule has 0 aliphatic heterocycles. The summed E-state index contributed by atoms with van der Waals surface area (Å²) in [5.41, 5.74) is 4.82. The molecule has 0 fully saturated rings. The second kappa shape index (κ2) is 6.00. The van der Waals surface area contributed by atoms with Gasteiger partial charge < -0.3 is 9.88 Å². The van der Waals surface area contributed by atoms with Gasteiger partial charge in [-0.3, -0.25) is 0 Å². The molecule has 0 bridgehead atoms. The number of benzene rings is 2. The highest BCUT2D eigenvalue weighted by molar-refractivity contribution is 5.78. The predicted molar refractivity (Wildman–Crippen MR) is 88.5 cm³/mol. The Labute approximate surface area is 125 Å². The standard InChI is InChI=1S/C18H21N3/c1-3-12-21-17-7-5-4-6-16(17)20-18(21)19-13-15-10-8-14(2)9-11-15/h4-11H,3,12-13H2,1-2H3,(H,19,20). The molecule has 0 unspecified atom stereocenters. The van der Waals surface area contributed by atoms with Crippen LogP contribution in [0, 0.1) is 6.92 Å². The van der Waals surface area contributed by atoms with Gasteiger partial charge in [0, 0.05) is 13.1 Å². The molecule has 3 heteroatoms. The van der Waals surface area contributed by atoms with Gasteiger partial charge in [-0.15, -0.1) is 0 Å². The van der Waals surface area contributed by atoms with Crippen LogP contribution >= 0.6 is 0 Å². The zero-order chi connectivity index (χ0) is 14.7. The first-order valence-electron chi connectivity index (χ1n) is 7.52. The molecule has 0 atom stereocenters. The molecule has 0 radical (unpaired) electrons. The molecule has 1 aromatic heterocycles. The Morgan fingerprint density at radius 1 is 1.05 bits per heavy atom. The van der Waals surface area contributed by atoms with Crippen molar-refractivity contribution < 1.29 is 0 Å². The lowest BCUT2D eigenvalue weighted by Gasteiger charge is -2.10. The fourth-order valence-electron chi connectivity index (χ4n) is 2.55. The summed E-state index contributed by atoms with van der Waals surface area (Å²) in [4.78, 5) is 4.72. The van der Waals surface area contributed by atoms with Crippen LogP contribution in [0.4, 0.5) is 5.95 Å². The molecule has 1 heterocycles. The summed E-state index contributed by atoms with van der Waals surface area (Å²) in [5.74, 6) is 0.957. The summed E-state index contributed by atoms with van der Waals surface area (Å²) in [6, 6.07) is 16.9. The number of aromatic nitrogens is 2. The third-order valence-corrected chi connectivity index (χ3v) is 3.67. The van der Waals surface area contributed by atoms with Crippen molar-refractivity contribution in [2.75, 3.05) is 5.32 Å². The number of imidazole rings is 1. The topological polar surface area (TPSA) is 29.9 Å². The average Bonchev–Trinajstić information content (AvgIpc) is 2.85. The number of fused-ring (bicyclic) bond motifs is 1. The van der Waals surface area contributed by atoms with Crippen LogP contribution in [0.2, 0.25) is 0 Å². The summed E-state index contributed by atoms with van der Waals surface area (Å²) >= 11 is 0. The molecule has 3 nitrogen and oxygen atoms in total. The molecular formula is C18H21N3. The average molecular weight is 279 g/mol. The molecule has 0 saturated carbocycles. The molecule has 1 N–H and O–H groups in total. The highest BCUT2D eigenvalue weighted by Gasteiger charge is 2.09. The Morgan fingerprint density at radius 3 is 2.57 bits per heavy atom. The van der Waals surface area contributed by atoms with Gasteiger partial charge in [-0.2, -0.15) is 0 Å². The largest absolute Gasteiger partial charge is 0.352 e. The summed E-state index contributed by atoms with van der Waals surface area (Å²) < 4.78 is 2.27. The van der Waals surface area contributed by atoms with Crippen LogP contribution in [-0.4, -0.2) is 9.55 Å². The fourth-order valence-corrected chi connectivity index (χ4v) is 2.55. The number of hydrogen-bond acceptors (Lipinski definition) is 2. The first-order chi connectivity index (χ1) is 10.3. The number of para-hydroxylation sites is 2. The van der Waals surface area contributed by atoms with Gasteiger partial charge in [0.25, 0.3) is 0 Å². The predicted octanol–water partition coefficient (Wildman–Crippen LogP) is 4.37. The number of nitrogens with one attached hydrogen (secondary N) is 1. The summed E-state index contributed by atoms with van der Waals surface area (Å²) in [7, 11) is 0. The zero-order valence-electron chi connectivity index (χ0n) is 12.6. The van der Waals surface area contributed by atoms with Crippen molar-refractivity contribution in [2.24, 2.45) is 0 Å². The maximum absolute atomic E-state index is 4.72. The minimum absolute atomic E-state index is 0.799. The molecule has 108 valence electrons. The third kappa shape index (κ3) is 2.92. The van der Waals surface area contributed by atoms with Crippen molar-refractivity contribution in [2.45, 2.75) is 33.4 Å². The highest BCUT2D eigenvalue weighted by Crippen LogP contribution is 2.20. The molecule has 0 saturated heterocycles. The van der Waals surface area contributed by atoms with Gasteiger partial charge >= 0.3 is 0 Å². The lowest BCUT2D eigenvalue weighted by atomic mass is 10.1. The minimum atomic E-state index is 0.799. The van der Waals surface area contributed by atoms with Gasteiger partial charge in [-0.1, -0.05) is 48.9 Å². The van der Waals surface area contributed by atoms with E-state index in [9.17, 15) is 0 Å². The summed E-state index contributed by atoms with van der Waals surface area (Å²) in [6.45, 7) is 6.08. The van der Waals surface area contributed by atoms with E-state index in [-0.39, 0.29) is 0 Å². The molecule has 2 aromatic carbocycles. The molecular weight excluding hydrogens is 258 g/mol. The van der Waals surface area contributed by atoms with E-state index in [0.29, 0.717) is 0 Å². The van der Waals surface area contributed by atoms with E-state index >= 15 is 0 Å². The first-order valence-corrected chi connectivity index (χ1v) is 7.52. The Morgan fingerprint density at radius 2 is 1.81 bits per heavy atom. The monoisotopic (exact) mass is 279 g/mol. The smallest absolute Gasteiger partial charge is 0.204 e. The van der Waals surface area contributed by atoms with E-state index in [1.807, 2.05) is 6.07 Å². The molecule has 0 aliphatic rings. The van der Waals surface area contributed by atoms with Crippen molar-refractivity contribution >= 4 is 17.0 Å². The van der Waals surface area contributed by atoms with E-state index in [1.54, 1.807) is 0 Å². The van der Waals surface area contributed by atoms with Gasteiger partial charge in [0.2, 0.25) is 5.95 Å². The van der Waals surface area contributed by atoms with Crippen molar-refractivity contribution in [3.05, 3.63) is 59.7 Å². The molecule has 21 heavy (non-hydrogen) atoms. The number of rotatable bonds is 5. The summed E-state index contributed by atoms with van der Waals surface area (Å²) in [6.07, 6.45) is 1.10. The van der Waals surface area contributed by atoms with E-state index in [2.05, 4.69) is 66.2 Å². The van der Waals surface area contributed by atoms with Crippen LogP contribution in [0.15, 0.2) is 48.5 Å². The molecule has 0 aliphatic carbocycles. The van der Waals surface area contributed by atoms with Crippen LogP contribution in [-0.2, 0) is 13.1 Å². The maximum atomic E-state index is 4.72. The minimum Gasteiger partial charge on any atom is -0.352 e. The first kappa shape index (κ1) is 13.7.